The summed E-state index contributed by atoms with van der Waals surface area (Å²) in [5.74, 6) is -1.29. The third kappa shape index (κ3) is 3.55. The molecular formula is C9H14N2O5S. The lowest BCUT2D eigenvalue weighted by Gasteiger charge is -2.12. The molecule has 17 heavy (non-hydrogen) atoms. The fourth-order valence-corrected chi connectivity index (χ4v) is 2.44. The SMILES string of the molecule is COCC(NS(=O)(=O)c1ccn(C)c1)C(=O)O. The molecule has 2 N–H and O–H groups in total. The molecule has 0 radical (unpaired) electrons. The van der Waals surface area contributed by atoms with Gasteiger partial charge in [-0.2, -0.15) is 4.72 Å². The molecule has 0 aliphatic rings. The van der Waals surface area contributed by atoms with Crippen molar-refractivity contribution in [2.45, 2.75) is 10.9 Å². The normalized spacial score (nSPS) is 13.5. The Bertz CT molecular complexity index is 493. The summed E-state index contributed by atoms with van der Waals surface area (Å²) in [4.78, 5) is 10.8. The van der Waals surface area contributed by atoms with Crippen molar-refractivity contribution >= 4 is 16.0 Å². The largest absolute Gasteiger partial charge is 0.480 e. The molecule has 1 unspecified atom stereocenters. The van der Waals surface area contributed by atoms with Crippen LogP contribution in [0.4, 0.5) is 0 Å². The maximum atomic E-state index is 11.8. The van der Waals surface area contributed by atoms with E-state index in [9.17, 15) is 13.2 Å². The van der Waals surface area contributed by atoms with Gasteiger partial charge in [-0.3, -0.25) is 4.79 Å². The van der Waals surface area contributed by atoms with Gasteiger partial charge in [0.1, 0.15) is 6.04 Å². The first-order valence-corrected chi connectivity index (χ1v) is 6.21. The topological polar surface area (TPSA) is 97.6 Å². The third-order valence-electron chi connectivity index (χ3n) is 2.04. The first-order valence-electron chi connectivity index (χ1n) is 4.73. The standard InChI is InChI=1S/C9H14N2O5S/c1-11-4-3-7(5-11)17(14,15)10-8(6-16-2)9(12)13/h3-5,8,10H,6H2,1-2H3,(H,12,13). The Morgan fingerprint density at radius 1 is 1.65 bits per heavy atom. The van der Waals surface area contributed by atoms with E-state index in [1.807, 2.05) is 0 Å². The number of aliphatic carboxylic acids is 1. The van der Waals surface area contributed by atoms with E-state index in [4.69, 9.17) is 5.11 Å². The van der Waals surface area contributed by atoms with Gasteiger partial charge in [-0.25, -0.2) is 8.42 Å². The summed E-state index contributed by atoms with van der Waals surface area (Å²) in [6.45, 7) is -0.235. The van der Waals surface area contributed by atoms with E-state index in [-0.39, 0.29) is 11.5 Å². The van der Waals surface area contributed by atoms with E-state index >= 15 is 0 Å². The lowest BCUT2D eigenvalue weighted by atomic mass is 10.3. The molecule has 0 fully saturated rings. The Morgan fingerprint density at radius 2 is 2.29 bits per heavy atom. The number of sulfonamides is 1. The zero-order valence-corrected chi connectivity index (χ0v) is 10.3. The maximum absolute atomic E-state index is 11.8. The minimum atomic E-state index is -3.84. The van der Waals surface area contributed by atoms with Crippen molar-refractivity contribution < 1.29 is 23.1 Å². The number of aryl methyl sites for hydroxylation is 1. The Kier molecular flexibility index (Phi) is 4.27. The molecular weight excluding hydrogens is 248 g/mol. The number of hydrogen-bond donors (Lipinski definition) is 2. The number of hydrogen-bond acceptors (Lipinski definition) is 4. The lowest BCUT2D eigenvalue weighted by Crippen LogP contribution is -2.43. The van der Waals surface area contributed by atoms with Gasteiger partial charge in [0.2, 0.25) is 10.0 Å². The van der Waals surface area contributed by atoms with E-state index in [0.29, 0.717) is 0 Å². The number of carbonyl (C=O) groups is 1. The van der Waals surface area contributed by atoms with Crippen LogP contribution in [0.3, 0.4) is 0 Å². The minimum Gasteiger partial charge on any atom is -0.480 e. The maximum Gasteiger partial charge on any atom is 0.324 e. The van der Waals surface area contributed by atoms with Gasteiger partial charge in [0.25, 0.3) is 0 Å². The van der Waals surface area contributed by atoms with Gasteiger partial charge in [0.05, 0.1) is 11.5 Å². The number of methoxy groups -OCH3 is 1. The van der Waals surface area contributed by atoms with Gasteiger partial charge in [-0.1, -0.05) is 0 Å². The number of carboxylic acids is 1. The van der Waals surface area contributed by atoms with Crippen molar-refractivity contribution in [3.63, 3.8) is 0 Å². The number of nitrogens with one attached hydrogen (secondary N) is 1. The van der Waals surface area contributed by atoms with Crippen LogP contribution in [0.2, 0.25) is 0 Å². The first kappa shape index (κ1) is 13.7. The molecule has 0 aliphatic heterocycles. The Labute approximate surface area is 99.1 Å². The molecule has 0 aliphatic carbocycles. The second kappa shape index (κ2) is 5.30. The Balaban J connectivity index is 2.88. The summed E-state index contributed by atoms with van der Waals surface area (Å²) in [5.41, 5.74) is 0. The van der Waals surface area contributed by atoms with Crippen LogP contribution >= 0.6 is 0 Å². The van der Waals surface area contributed by atoms with Crippen LogP contribution in [0.25, 0.3) is 0 Å². The van der Waals surface area contributed by atoms with Crippen molar-refractivity contribution in [1.82, 2.24) is 9.29 Å². The van der Waals surface area contributed by atoms with Gasteiger partial charge < -0.3 is 14.4 Å². The molecule has 0 saturated heterocycles. The molecule has 1 rings (SSSR count). The van der Waals surface area contributed by atoms with Crippen molar-refractivity contribution in [3.05, 3.63) is 18.5 Å². The summed E-state index contributed by atoms with van der Waals surface area (Å²) < 4.78 is 31.8. The molecule has 0 amide bonds. The molecule has 7 nitrogen and oxygen atoms in total. The molecule has 1 aromatic rings. The fourth-order valence-electron chi connectivity index (χ4n) is 1.21. The zero-order valence-electron chi connectivity index (χ0n) is 9.45. The summed E-state index contributed by atoms with van der Waals surface area (Å²) >= 11 is 0. The number of carboxylic acid groups (broad SMARTS) is 1. The number of ether oxygens (including phenoxy) is 1. The average molecular weight is 262 g/mol. The third-order valence-corrected chi connectivity index (χ3v) is 3.50. The fraction of sp³-hybridized carbons (Fsp3) is 0.444. The van der Waals surface area contributed by atoms with Crippen molar-refractivity contribution in [2.24, 2.45) is 7.05 Å². The first-order chi connectivity index (χ1) is 7.86. The van der Waals surface area contributed by atoms with Gasteiger partial charge in [-0.15, -0.1) is 0 Å². The second-order valence-electron chi connectivity index (χ2n) is 3.48. The van der Waals surface area contributed by atoms with Gasteiger partial charge in [0, 0.05) is 26.6 Å². The highest BCUT2D eigenvalue weighted by Gasteiger charge is 2.25. The van der Waals surface area contributed by atoms with E-state index in [2.05, 4.69) is 9.46 Å². The smallest absolute Gasteiger partial charge is 0.324 e. The predicted octanol–water partition coefficient (Wildman–Crippen LogP) is -0.597. The zero-order chi connectivity index (χ0) is 13.1. The number of rotatable bonds is 6. The van der Waals surface area contributed by atoms with Gasteiger partial charge >= 0.3 is 5.97 Å². The van der Waals surface area contributed by atoms with Crippen LogP contribution < -0.4 is 4.72 Å². The van der Waals surface area contributed by atoms with E-state index in [1.165, 1.54) is 19.4 Å². The van der Waals surface area contributed by atoms with Crippen LogP contribution in [0.5, 0.6) is 0 Å². The van der Waals surface area contributed by atoms with Crippen LogP contribution in [-0.4, -0.2) is 43.8 Å². The summed E-state index contributed by atoms with van der Waals surface area (Å²) in [6.07, 6.45) is 2.94. The molecule has 1 heterocycles. The van der Waals surface area contributed by atoms with E-state index in [0.717, 1.165) is 0 Å². The monoisotopic (exact) mass is 262 g/mol. The van der Waals surface area contributed by atoms with Crippen LogP contribution in [0.15, 0.2) is 23.4 Å². The van der Waals surface area contributed by atoms with Crippen molar-refractivity contribution in [2.75, 3.05) is 13.7 Å². The number of aromatic nitrogens is 1. The van der Waals surface area contributed by atoms with Gasteiger partial charge in [-0.05, 0) is 6.07 Å². The van der Waals surface area contributed by atoms with Crippen molar-refractivity contribution in [3.8, 4) is 0 Å². The van der Waals surface area contributed by atoms with Crippen molar-refractivity contribution in [1.29, 1.82) is 0 Å². The lowest BCUT2D eigenvalue weighted by molar-refractivity contribution is -0.140. The molecule has 8 heteroatoms. The summed E-state index contributed by atoms with van der Waals surface area (Å²) in [5, 5.41) is 8.81. The molecule has 96 valence electrons. The molecule has 1 atom stereocenters. The highest BCUT2D eigenvalue weighted by atomic mass is 32.2. The second-order valence-corrected chi connectivity index (χ2v) is 5.19. The van der Waals surface area contributed by atoms with Crippen LogP contribution in [-0.2, 0) is 26.6 Å². The average Bonchev–Trinajstić information content (AvgIpc) is 2.64. The highest BCUT2D eigenvalue weighted by molar-refractivity contribution is 7.89. The Hall–Kier alpha value is -1.38. The quantitative estimate of drug-likeness (QED) is 0.713. The van der Waals surface area contributed by atoms with Gasteiger partial charge in [0.15, 0.2) is 0 Å². The molecule has 0 saturated carbocycles. The highest BCUT2D eigenvalue weighted by Crippen LogP contribution is 2.09. The molecule has 0 bridgehead atoms. The Morgan fingerprint density at radius 3 is 2.71 bits per heavy atom. The molecule has 0 aromatic carbocycles. The van der Waals surface area contributed by atoms with Crippen LogP contribution in [0.1, 0.15) is 0 Å². The number of nitrogens with zero attached hydrogens (tertiary/aromatic N) is 1. The van der Waals surface area contributed by atoms with E-state index in [1.54, 1.807) is 17.8 Å². The minimum absolute atomic E-state index is 0.0161. The molecule has 1 aromatic heterocycles. The molecule has 0 spiro atoms. The van der Waals surface area contributed by atoms with Crippen LogP contribution in [0, 0.1) is 0 Å². The predicted molar refractivity (Wildman–Crippen MR) is 59.0 cm³/mol. The van der Waals surface area contributed by atoms with E-state index < -0.39 is 22.0 Å². The summed E-state index contributed by atoms with van der Waals surface area (Å²) in [6, 6.07) is 0.0822. The summed E-state index contributed by atoms with van der Waals surface area (Å²) in [7, 11) is -0.870.